The Morgan fingerprint density at radius 1 is 1.37 bits per heavy atom. The number of halogens is 1. The van der Waals surface area contributed by atoms with Crippen LogP contribution in [0.15, 0.2) is 35.7 Å². The predicted octanol–water partition coefficient (Wildman–Crippen LogP) is 4.43. The van der Waals surface area contributed by atoms with Gasteiger partial charge in [0.2, 0.25) is 0 Å². The van der Waals surface area contributed by atoms with Gasteiger partial charge in [-0.25, -0.2) is 0 Å². The molecule has 0 aliphatic heterocycles. The molecule has 0 fully saturated rings. The van der Waals surface area contributed by atoms with Crippen molar-refractivity contribution >= 4 is 22.9 Å². The first-order valence-corrected chi connectivity index (χ1v) is 7.61. The lowest BCUT2D eigenvalue weighted by atomic mass is 10.1. The van der Waals surface area contributed by atoms with Gasteiger partial charge in [-0.15, -0.1) is 11.3 Å². The lowest BCUT2D eigenvalue weighted by Gasteiger charge is -2.22. The van der Waals surface area contributed by atoms with Crippen molar-refractivity contribution in [2.75, 3.05) is 0 Å². The summed E-state index contributed by atoms with van der Waals surface area (Å²) in [6.45, 7) is 4.04. The van der Waals surface area contributed by atoms with Gasteiger partial charge in [0.05, 0.1) is 0 Å². The molecule has 0 aliphatic carbocycles. The molecule has 0 bridgehead atoms. The number of hydrogen-bond acceptors (Lipinski definition) is 3. The smallest absolute Gasteiger partial charge is 0.148 e. The summed E-state index contributed by atoms with van der Waals surface area (Å²) in [4.78, 5) is 1.14. The normalized spacial score (nSPS) is 14.1. The van der Waals surface area contributed by atoms with Gasteiger partial charge >= 0.3 is 0 Å². The molecular weight excluding hydrogens is 278 g/mol. The van der Waals surface area contributed by atoms with Crippen LogP contribution in [0.3, 0.4) is 0 Å². The molecule has 2 rings (SSSR count). The van der Waals surface area contributed by atoms with Gasteiger partial charge in [0.15, 0.2) is 0 Å². The molecule has 0 aliphatic rings. The first-order chi connectivity index (χ1) is 9.11. The summed E-state index contributed by atoms with van der Waals surface area (Å²) in [6.07, 6.45) is 0.767. The van der Waals surface area contributed by atoms with Gasteiger partial charge in [-0.2, -0.15) is 0 Å². The molecule has 0 radical (unpaired) electrons. The Kier molecular flexibility index (Phi) is 4.86. The highest BCUT2D eigenvalue weighted by Gasteiger charge is 2.19. The highest BCUT2D eigenvalue weighted by molar-refractivity contribution is 7.10. The van der Waals surface area contributed by atoms with Crippen molar-refractivity contribution in [3.63, 3.8) is 0 Å². The van der Waals surface area contributed by atoms with Crippen molar-refractivity contribution in [3.8, 4) is 5.75 Å². The summed E-state index contributed by atoms with van der Waals surface area (Å²) in [5.74, 6) is 0.817. The van der Waals surface area contributed by atoms with E-state index in [1.165, 1.54) is 0 Å². The van der Waals surface area contributed by atoms with Gasteiger partial charge in [0, 0.05) is 15.9 Å². The van der Waals surface area contributed by atoms with Gasteiger partial charge in [0.25, 0.3) is 0 Å². The van der Waals surface area contributed by atoms with Crippen LogP contribution in [0.4, 0.5) is 0 Å². The molecule has 0 saturated heterocycles. The van der Waals surface area contributed by atoms with E-state index in [1.54, 1.807) is 11.3 Å². The maximum Gasteiger partial charge on any atom is 0.148 e. The van der Waals surface area contributed by atoms with Crippen LogP contribution in [0.25, 0.3) is 0 Å². The Hall–Kier alpha value is -1.03. The van der Waals surface area contributed by atoms with Crippen LogP contribution >= 0.6 is 22.9 Å². The summed E-state index contributed by atoms with van der Waals surface area (Å²) in [6, 6.07) is 9.76. The van der Waals surface area contributed by atoms with E-state index in [-0.39, 0.29) is 12.1 Å². The van der Waals surface area contributed by atoms with Crippen molar-refractivity contribution in [1.82, 2.24) is 0 Å². The maximum absolute atomic E-state index is 6.12. The first kappa shape index (κ1) is 14.4. The zero-order valence-electron chi connectivity index (χ0n) is 11.1. The van der Waals surface area contributed by atoms with E-state index in [9.17, 15) is 0 Å². The lowest BCUT2D eigenvalue weighted by Crippen LogP contribution is -2.28. The van der Waals surface area contributed by atoms with E-state index < -0.39 is 0 Å². The minimum absolute atomic E-state index is 0.0700. The second-order valence-electron chi connectivity index (χ2n) is 4.52. The number of nitrogens with two attached hydrogens (primary N) is 1. The van der Waals surface area contributed by atoms with E-state index in [2.05, 4.69) is 13.0 Å². The van der Waals surface area contributed by atoms with Crippen LogP contribution in [0, 0.1) is 0 Å². The molecule has 102 valence electrons. The van der Waals surface area contributed by atoms with Crippen molar-refractivity contribution in [2.24, 2.45) is 5.73 Å². The molecular formula is C15H18ClNOS. The van der Waals surface area contributed by atoms with E-state index in [0.717, 1.165) is 27.6 Å². The average molecular weight is 296 g/mol. The van der Waals surface area contributed by atoms with Gasteiger partial charge in [-0.1, -0.05) is 24.6 Å². The number of benzene rings is 1. The van der Waals surface area contributed by atoms with Crippen molar-refractivity contribution in [2.45, 2.75) is 32.4 Å². The zero-order valence-corrected chi connectivity index (χ0v) is 12.7. The van der Waals surface area contributed by atoms with Crippen LogP contribution in [0.1, 0.15) is 30.4 Å². The number of aryl methyl sites for hydroxylation is 1. The van der Waals surface area contributed by atoms with Crippen LogP contribution in [0.5, 0.6) is 5.75 Å². The molecule has 0 amide bonds. The van der Waals surface area contributed by atoms with E-state index in [1.807, 2.05) is 36.6 Å². The fourth-order valence-corrected chi connectivity index (χ4v) is 3.04. The van der Waals surface area contributed by atoms with Gasteiger partial charge < -0.3 is 10.5 Å². The van der Waals surface area contributed by atoms with Gasteiger partial charge in [-0.3, -0.25) is 0 Å². The van der Waals surface area contributed by atoms with Crippen molar-refractivity contribution < 1.29 is 4.74 Å². The molecule has 2 aromatic rings. The highest BCUT2D eigenvalue weighted by Crippen LogP contribution is 2.30. The Labute approximate surface area is 123 Å². The molecule has 19 heavy (non-hydrogen) atoms. The lowest BCUT2D eigenvalue weighted by molar-refractivity contribution is 0.184. The van der Waals surface area contributed by atoms with Crippen LogP contribution < -0.4 is 10.5 Å². The van der Waals surface area contributed by atoms with Crippen molar-refractivity contribution in [3.05, 3.63) is 51.2 Å². The summed E-state index contributed by atoms with van der Waals surface area (Å²) in [7, 11) is 0. The van der Waals surface area contributed by atoms with Crippen LogP contribution in [-0.4, -0.2) is 6.04 Å². The predicted molar refractivity (Wildman–Crippen MR) is 82.2 cm³/mol. The van der Waals surface area contributed by atoms with E-state index in [4.69, 9.17) is 22.1 Å². The quantitative estimate of drug-likeness (QED) is 0.885. The van der Waals surface area contributed by atoms with E-state index >= 15 is 0 Å². The molecule has 4 heteroatoms. The molecule has 1 aromatic heterocycles. The third kappa shape index (κ3) is 3.50. The molecule has 2 N–H and O–H groups in total. The monoisotopic (exact) mass is 295 g/mol. The minimum atomic E-state index is -0.120. The Morgan fingerprint density at radius 2 is 2.16 bits per heavy atom. The fraction of sp³-hybridized carbons (Fsp3) is 0.333. The SMILES string of the molecule is CCc1cc(OC(c2cccs2)C(C)N)ccc1Cl. The molecule has 2 unspecified atom stereocenters. The van der Waals surface area contributed by atoms with Crippen LogP contribution in [-0.2, 0) is 6.42 Å². The average Bonchev–Trinajstić information content (AvgIpc) is 2.91. The minimum Gasteiger partial charge on any atom is -0.483 e. The summed E-state index contributed by atoms with van der Waals surface area (Å²) < 4.78 is 6.04. The topological polar surface area (TPSA) is 35.2 Å². The highest BCUT2D eigenvalue weighted by atomic mass is 35.5. The molecule has 0 saturated carbocycles. The standard InChI is InChI=1S/C15H18ClNOS/c1-3-11-9-12(6-7-13(11)16)18-15(10(2)17)14-5-4-8-19-14/h4-10,15H,3,17H2,1-2H3. The second kappa shape index (κ2) is 6.42. The third-order valence-corrected chi connectivity index (χ3v) is 4.26. The molecule has 1 aromatic carbocycles. The summed E-state index contributed by atoms with van der Waals surface area (Å²) in [5, 5.41) is 2.82. The van der Waals surface area contributed by atoms with Crippen molar-refractivity contribution in [1.29, 1.82) is 0 Å². The molecule has 2 nitrogen and oxygen atoms in total. The summed E-state index contributed by atoms with van der Waals surface area (Å²) in [5.41, 5.74) is 7.12. The maximum atomic E-state index is 6.12. The largest absolute Gasteiger partial charge is 0.483 e. The number of hydrogen-bond donors (Lipinski definition) is 1. The Balaban J connectivity index is 2.22. The van der Waals surface area contributed by atoms with Gasteiger partial charge in [0.1, 0.15) is 11.9 Å². The zero-order chi connectivity index (χ0) is 13.8. The van der Waals surface area contributed by atoms with Crippen LogP contribution in [0.2, 0.25) is 5.02 Å². The number of thiophene rings is 1. The number of rotatable bonds is 5. The molecule has 0 spiro atoms. The Morgan fingerprint density at radius 3 is 2.74 bits per heavy atom. The molecule has 2 atom stereocenters. The number of ether oxygens (including phenoxy) is 1. The first-order valence-electron chi connectivity index (χ1n) is 6.36. The fourth-order valence-electron chi connectivity index (χ4n) is 1.92. The molecule has 1 heterocycles. The Bertz CT molecular complexity index is 525. The van der Waals surface area contributed by atoms with Gasteiger partial charge in [-0.05, 0) is 48.6 Å². The van der Waals surface area contributed by atoms with E-state index in [0.29, 0.717) is 0 Å². The second-order valence-corrected chi connectivity index (χ2v) is 5.91. The third-order valence-electron chi connectivity index (χ3n) is 2.96. The summed E-state index contributed by atoms with van der Waals surface area (Å²) >= 11 is 7.78.